The Morgan fingerprint density at radius 2 is 2.35 bits per heavy atom. The molecule has 1 aromatic rings. The Bertz CT molecular complexity index is 414. The van der Waals surface area contributed by atoms with Gasteiger partial charge in [0.05, 0.1) is 11.9 Å². The molecule has 1 aromatic carbocycles. The van der Waals surface area contributed by atoms with Crippen LogP contribution in [0.25, 0.3) is 0 Å². The smallest absolute Gasteiger partial charge is 0.0691 e. The van der Waals surface area contributed by atoms with Crippen LogP contribution in [0, 0.1) is 6.92 Å². The van der Waals surface area contributed by atoms with Crippen molar-refractivity contribution in [3.63, 3.8) is 0 Å². The van der Waals surface area contributed by atoms with Gasteiger partial charge in [-0.25, -0.2) is 0 Å². The van der Waals surface area contributed by atoms with Gasteiger partial charge in [-0.1, -0.05) is 12.1 Å². The highest BCUT2D eigenvalue weighted by Gasteiger charge is 2.18. The standard InChI is InChI=1S/C13H19NO2S/c1-10-11(4-2-6-13(10)14)8-17(15)9-12-5-3-7-16-12/h2,4,6,12H,3,5,7-9,14H2,1H3. The minimum atomic E-state index is -0.860. The van der Waals surface area contributed by atoms with Gasteiger partial charge in [-0.3, -0.25) is 4.21 Å². The lowest BCUT2D eigenvalue weighted by Crippen LogP contribution is -2.17. The maximum absolute atomic E-state index is 12.0. The number of hydrogen-bond donors (Lipinski definition) is 1. The molecule has 0 spiro atoms. The van der Waals surface area contributed by atoms with Gasteiger partial charge in [0, 0.05) is 28.8 Å². The van der Waals surface area contributed by atoms with Crippen LogP contribution in [0.3, 0.4) is 0 Å². The van der Waals surface area contributed by atoms with Crippen LogP contribution in [-0.4, -0.2) is 22.7 Å². The molecule has 94 valence electrons. The van der Waals surface area contributed by atoms with Crippen LogP contribution in [0.5, 0.6) is 0 Å². The Morgan fingerprint density at radius 3 is 3.06 bits per heavy atom. The Labute approximate surface area is 105 Å². The Kier molecular flexibility index (Phi) is 4.18. The van der Waals surface area contributed by atoms with Crippen LogP contribution in [0.15, 0.2) is 18.2 Å². The minimum absolute atomic E-state index is 0.192. The third-order valence-corrected chi connectivity index (χ3v) is 4.58. The zero-order valence-corrected chi connectivity index (χ0v) is 11.0. The summed E-state index contributed by atoms with van der Waals surface area (Å²) in [6.45, 7) is 2.80. The largest absolute Gasteiger partial charge is 0.399 e. The van der Waals surface area contributed by atoms with Gasteiger partial charge in [-0.15, -0.1) is 0 Å². The lowest BCUT2D eigenvalue weighted by atomic mass is 10.1. The molecule has 2 unspecified atom stereocenters. The van der Waals surface area contributed by atoms with Crippen molar-refractivity contribution < 1.29 is 8.95 Å². The first-order chi connectivity index (χ1) is 8.16. The first-order valence-corrected chi connectivity index (χ1v) is 7.46. The summed E-state index contributed by atoms with van der Waals surface area (Å²) >= 11 is 0. The van der Waals surface area contributed by atoms with E-state index in [0.29, 0.717) is 11.5 Å². The molecule has 0 radical (unpaired) electrons. The second kappa shape index (κ2) is 5.65. The summed E-state index contributed by atoms with van der Waals surface area (Å²) in [4.78, 5) is 0. The molecule has 1 saturated heterocycles. The van der Waals surface area contributed by atoms with Gasteiger partial charge in [0.1, 0.15) is 0 Å². The van der Waals surface area contributed by atoms with Crippen LogP contribution in [0.1, 0.15) is 24.0 Å². The Morgan fingerprint density at radius 1 is 1.53 bits per heavy atom. The van der Waals surface area contributed by atoms with Crippen LogP contribution in [-0.2, 0) is 21.3 Å². The summed E-state index contributed by atoms with van der Waals surface area (Å²) in [5, 5.41) is 0. The maximum Gasteiger partial charge on any atom is 0.0691 e. The first kappa shape index (κ1) is 12.6. The van der Waals surface area contributed by atoms with E-state index in [0.717, 1.165) is 36.3 Å². The number of benzene rings is 1. The molecule has 0 saturated carbocycles. The van der Waals surface area contributed by atoms with Crippen LogP contribution >= 0.6 is 0 Å². The fraction of sp³-hybridized carbons (Fsp3) is 0.538. The summed E-state index contributed by atoms with van der Waals surface area (Å²) < 4.78 is 17.5. The van der Waals surface area contributed by atoms with Crippen molar-refractivity contribution >= 4 is 16.5 Å². The summed E-state index contributed by atoms with van der Waals surface area (Å²) in [5.74, 6) is 1.23. The Hall–Kier alpha value is -0.870. The summed E-state index contributed by atoms with van der Waals surface area (Å²) in [7, 11) is -0.860. The summed E-state index contributed by atoms with van der Waals surface area (Å²) in [6, 6.07) is 5.79. The fourth-order valence-electron chi connectivity index (χ4n) is 2.08. The normalized spacial score (nSPS) is 21.6. The van der Waals surface area contributed by atoms with Crippen LogP contribution in [0.2, 0.25) is 0 Å². The average Bonchev–Trinajstić information content (AvgIpc) is 2.77. The SMILES string of the molecule is Cc1c(N)cccc1CS(=O)CC1CCCO1. The maximum atomic E-state index is 12.0. The van der Waals surface area contributed by atoms with Gasteiger partial charge in [-0.2, -0.15) is 0 Å². The minimum Gasteiger partial charge on any atom is -0.399 e. The van der Waals surface area contributed by atoms with Gasteiger partial charge in [0.25, 0.3) is 0 Å². The average molecular weight is 253 g/mol. The molecule has 0 bridgehead atoms. The molecule has 3 nitrogen and oxygen atoms in total. The highest BCUT2D eigenvalue weighted by Crippen LogP contribution is 2.19. The van der Waals surface area contributed by atoms with Gasteiger partial charge < -0.3 is 10.5 Å². The van der Waals surface area contributed by atoms with E-state index in [1.807, 2.05) is 25.1 Å². The molecule has 1 aliphatic heterocycles. The number of nitrogen functional groups attached to an aromatic ring is 1. The van der Waals surface area contributed by atoms with Crippen molar-refractivity contribution in [2.24, 2.45) is 0 Å². The molecule has 1 fully saturated rings. The van der Waals surface area contributed by atoms with E-state index in [-0.39, 0.29) is 6.10 Å². The molecule has 4 heteroatoms. The monoisotopic (exact) mass is 253 g/mol. The molecule has 2 atom stereocenters. The van der Waals surface area contributed by atoms with Gasteiger partial charge in [0.2, 0.25) is 0 Å². The van der Waals surface area contributed by atoms with E-state index in [1.54, 1.807) is 0 Å². The van der Waals surface area contributed by atoms with E-state index in [4.69, 9.17) is 10.5 Å². The fourth-order valence-corrected chi connectivity index (χ4v) is 3.53. The number of ether oxygens (including phenoxy) is 1. The van der Waals surface area contributed by atoms with Crippen molar-refractivity contribution in [2.75, 3.05) is 18.1 Å². The molecule has 2 N–H and O–H groups in total. The van der Waals surface area contributed by atoms with E-state index < -0.39 is 10.8 Å². The van der Waals surface area contributed by atoms with E-state index in [2.05, 4.69) is 0 Å². The van der Waals surface area contributed by atoms with Crippen molar-refractivity contribution in [1.29, 1.82) is 0 Å². The van der Waals surface area contributed by atoms with Crippen molar-refractivity contribution in [3.8, 4) is 0 Å². The lowest BCUT2D eigenvalue weighted by molar-refractivity contribution is 0.128. The third kappa shape index (κ3) is 3.30. The zero-order valence-electron chi connectivity index (χ0n) is 10.1. The second-order valence-electron chi connectivity index (χ2n) is 4.52. The molecule has 1 aliphatic rings. The van der Waals surface area contributed by atoms with E-state index in [9.17, 15) is 4.21 Å². The van der Waals surface area contributed by atoms with Crippen molar-refractivity contribution in [3.05, 3.63) is 29.3 Å². The molecule has 1 heterocycles. The lowest BCUT2D eigenvalue weighted by Gasteiger charge is -2.11. The predicted octanol–water partition coefficient (Wildman–Crippen LogP) is 2.00. The zero-order chi connectivity index (χ0) is 12.3. The van der Waals surface area contributed by atoms with Gasteiger partial charge >= 0.3 is 0 Å². The number of rotatable bonds is 4. The molecule has 17 heavy (non-hydrogen) atoms. The second-order valence-corrected chi connectivity index (χ2v) is 6.02. The quantitative estimate of drug-likeness (QED) is 0.835. The predicted molar refractivity (Wildman–Crippen MR) is 71.3 cm³/mol. The number of anilines is 1. The summed E-state index contributed by atoms with van der Waals surface area (Å²) in [5.41, 5.74) is 8.74. The molecule has 0 aromatic heterocycles. The van der Waals surface area contributed by atoms with Gasteiger partial charge in [-0.05, 0) is 37.0 Å². The highest BCUT2D eigenvalue weighted by molar-refractivity contribution is 7.84. The summed E-state index contributed by atoms with van der Waals surface area (Å²) in [6.07, 6.45) is 2.33. The van der Waals surface area contributed by atoms with E-state index in [1.165, 1.54) is 0 Å². The Balaban J connectivity index is 1.95. The molecular formula is C13H19NO2S. The van der Waals surface area contributed by atoms with Gasteiger partial charge in [0.15, 0.2) is 0 Å². The van der Waals surface area contributed by atoms with Crippen molar-refractivity contribution in [1.82, 2.24) is 0 Å². The van der Waals surface area contributed by atoms with Crippen LogP contribution < -0.4 is 5.73 Å². The molecule has 0 aliphatic carbocycles. The van der Waals surface area contributed by atoms with E-state index >= 15 is 0 Å². The highest BCUT2D eigenvalue weighted by atomic mass is 32.2. The van der Waals surface area contributed by atoms with Crippen molar-refractivity contribution in [2.45, 2.75) is 31.6 Å². The molecular weight excluding hydrogens is 234 g/mol. The first-order valence-electron chi connectivity index (χ1n) is 5.97. The molecule has 2 rings (SSSR count). The topological polar surface area (TPSA) is 52.3 Å². The van der Waals surface area contributed by atoms with Crippen LogP contribution in [0.4, 0.5) is 5.69 Å². The molecule has 0 amide bonds. The third-order valence-electron chi connectivity index (χ3n) is 3.20. The number of hydrogen-bond acceptors (Lipinski definition) is 3. The number of nitrogens with two attached hydrogens (primary N) is 1.